The van der Waals surface area contributed by atoms with Crippen LogP contribution in [-0.4, -0.2) is 24.4 Å². The van der Waals surface area contributed by atoms with Crippen molar-refractivity contribution >= 4 is 0 Å². The van der Waals surface area contributed by atoms with Crippen molar-refractivity contribution in [2.45, 2.75) is 18.8 Å². The highest BCUT2D eigenvalue weighted by atomic mass is 19.4. The summed E-state index contributed by atoms with van der Waals surface area (Å²) in [4.78, 5) is 0. The van der Waals surface area contributed by atoms with Gasteiger partial charge in [0.05, 0.1) is 5.56 Å². The molecule has 0 saturated heterocycles. The lowest BCUT2D eigenvalue weighted by molar-refractivity contribution is -0.137. The van der Waals surface area contributed by atoms with Crippen LogP contribution in [0.4, 0.5) is 22.0 Å². The number of benzene rings is 2. The standard InChI is InChI=1S/C17H16F5NO2/c18-13-4-1-11(16(19)7-13)8-23-9-14(24)10-25-15-5-2-12(3-6-15)17(20,21)22/h1-7,14,23-24H,8-10H2/t14-/m1/s1. The lowest BCUT2D eigenvalue weighted by atomic mass is 10.2. The molecule has 136 valence electrons. The molecule has 0 radical (unpaired) electrons. The number of aliphatic hydroxyl groups excluding tert-OH is 1. The molecule has 2 aromatic rings. The first-order chi connectivity index (χ1) is 11.8. The molecule has 8 heteroatoms. The summed E-state index contributed by atoms with van der Waals surface area (Å²) in [6.45, 7) is 0.00513. The molecule has 0 aromatic heterocycles. The Morgan fingerprint density at radius 1 is 1.04 bits per heavy atom. The molecule has 0 unspecified atom stereocenters. The number of hydrogen-bond donors (Lipinski definition) is 2. The number of ether oxygens (including phenoxy) is 1. The molecular formula is C17H16F5NO2. The highest BCUT2D eigenvalue weighted by Gasteiger charge is 2.30. The fraction of sp³-hybridized carbons (Fsp3) is 0.294. The monoisotopic (exact) mass is 361 g/mol. The highest BCUT2D eigenvalue weighted by molar-refractivity contribution is 5.28. The van der Waals surface area contributed by atoms with E-state index in [2.05, 4.69) is 5.32 Å². The van der Waals surface area contributed by atoms with Gasteiger partial charge >= 0.3 is 6.18 Å². The Morgan fingerprint density at radius 3 is 2.32 bits per heavy atom. The molecule has 0 saturated carbocycles. The summed E-state index contributed by atoms with van der Waals surface area (Å²) in [5.74, 6) is -1.18. The molecule has 0 amide bonds. The third kappa shape index (κ3) is 5.99. The average molecular weight is 361 g/mol. The number of rotatable bonds is 7. The van der Waals surface area contributed by atoms with Crippen molar-refractivity contribution in [1.82, 2.24) is 5.32 Å². The molecule has 0 aliphatic carbocycles. The zero-order valence-corrected chi connectivity index (χ0v) is 13.0. The van der Waals surface area contributed by atoms with E-state index in [1.807, 2.05) is 0 Å². The van der Waals surface area contributed by atoms with Crippen molar-refractivity contribution in [2.24, 2.45) is 0 Å². The van der Waals surface area contributed by atoms with Gasteiger partial charge < -0.3 is 15.2 Å². The molecule has 0 aliphatic rings. The topological polar surface area (TPSA) is 41.5 Å². The quantitative estimate of drug-likeness (QED) is 0.742. The summed E-state index contributed by atoms with van der Waals surface area (Å²) in [7, 11) is 0. The van der Waals surface area contributed by atoms with Gasteiger partial charge in [-0.25, -0.2) is 8.78 Å². The van der Waals surface area contributed by atoms with Gasteiger partial charge in [-0.05, 0) is 30.3 Å². The fourth-order valence-electron chi connectivity index (χ4n) is 2.03. The largest absolute Gasteiger partial charge is 0.491 e. The Labute approximate surface area is 141 Å². The van der Waals surface area contributed by atoms with Crippen LogP contribution in [-0.2, 0) is 12.7 Å². The third-order valence-electron chi connectivity index (χ3n) is 3.33. The van der Waals surface area contributed by atoms with E-state index in [0.29, 0.717) is 0 Å². The summed E-state index contributed by atoms with van der Waals surface area (Å²) in [6.07, 6.45) is -5.37. The number of halogens is 5. The lowest BCUT2D eigenvalue weighted by Crippen LogP contribution is -2.31. The van der Waals surface area contributed by atoms with Gasteiger partial charge in [-0.3, -0.25) is 0 Å². The highest BCUT2D eigenvalue weighted by Crippen LogP contribution is 2.30. The zero-order chi connectivity index (χ0) is 18.4. The van der Waals surface area contributed by atoms with Crippen LogP contribution in [0.15, 0.2) is 42.5 Å². The van der Waals surface area contributed by atoms with Gasteiger partial charge in [0.25, 0.3) is 0 Å². The van der Waals surface area contributed by atoms with E-state index in [-0.39, 0.29) is 31.0 Å². The van der Waals surface area contributed by atoms with Crippen LogP contribution in [0.5, 0.6) is 5.75 Å². The molecule has 0 fully saturated rings. The van der Waals surface area contributed by atoms with Gasteiger partial charge in [0.2, 0.25) is 0 Å². The summed E-state index contributed by atoms with van der Waals surface area (Å²) in [5, 5.41) is 12.6. The molecule has 25 heavy (non-hydrogen) atoms. The van der Waals surface area contributed by atoms with E-state index in [1.54, 1.807) is 0 Å². The molecule has 2 aromatic carbocycles. The Kier molecular flexibility index (Phi) is 6.33. The van der Waals surface area contributed by atoms with Gasteiger partial charge in [-0.2, -0.15) is 13.2 Å². The molecule has 1 atom stereocenters. The first-order valence-corrected chi connectivity index (χ1v) is 7.38. The minimum atomic E-state index is -4.42. The van der Waals surface area contributed by atoms with Crippen molar-refractivity contribution in [2.75, 3.05) is 13.2 Å². The van der Waals surface area contributed by atoms with Gasteiger partial charge in [-0.15, -0.1) is 0 Å². The van der Waals surface area contributed by atoms with Crippen LogP contribution in [0.3, 0.4) is 0 Å². The summed E-state index contributed by atoms with van der Waals surface area (Å²) in [6, 6.07) is 7.29. The average Bonchev–Trinajstić information content (AvgIpc) is 2.54. The second-order valence-corrected chi connectivity index (χ2v) is 5.35. The maximum Gasteiger partial charge on any atom is 0.416 e. The first kappa shape index (κ1) is 19.1. The molecule has 2 N–H and O–H groups in total. The minimum absolute atomic E-state index is 0.0669. The Balaban J connectivity index is 1.74. The second-order valence-electron chi connectivity index (χ2n) is 5.35. The first-order valence-electron chi connectivity index (χ1n) is 7.38. The minimum Gasteiger partial charge on any atom is -0.491 e. The predicted octanol–water partition coefficient (Wildman–Crippen LogP) is 3.51. The Hall–Kier alpha value is -2.19. The van der Waals surface area contributed by atoms with Crippen molar-refractivity contribution in [1.29, 1.82) is 0 Å². The van der Waals surface area contributed by atoms with Crippen LogP contribution in [0.1, 0.15) is 11.1 Å². The summed E-state index contributed by atoms with van der Waals surface area (Å²) in [5.41, 5.74) is -0.541. The van der Waals surface area contributed by atoms with Crippen molar-refractivity contribution < 1.29 is 31.8 Å². The summed E-state index contributed by atoms with van der Waals surface area (Å²) >= 11 is 0. The Morgan fingerprint density at radius 2 is 1.72 bits per heavy atom. The number of nitrogens with one attached hydrogen (secondary N) is 1. The maximum atomic E-state index is 13.4. The molecule has 0 bridgehead atoms. The van der Waals surface area contributed by atoms with Crippen LogP contribution < -0.4 is 10.1 Å². The molecule has 0 spiro atoms. The molecule has 3 nitrogen and oxygen atoms in total. The van der Waals surface area contributed by atoms with Crippen LogP contribution in [0.25, 0.3) is 0 Å². The van der Waals surface area contributed by atoms with Crippen LogP contribution in [0, 0.1) is 11.6 Å². The second kappa shape index (κ2) is 8.26. The van der Waals surface area contributed by atoms with E-state index in [0.717, 1.165) is 36.4 Å². The zero-order valence-electron chi connectivity index (χ0n) is 13.0. The van der Waals surface area contributed by atoms with Gasteiger partial charge in [-0.1, -0.05) is 6.07 Å². The SMILES string of the molecule is O[C@H](CNCc1ccc(F)cc1F)COc1ccc(C(F)(F)F)cc1. The van der Waals surface area contributed by atoms with Gasteiger partial charge in [0.15, 0.2) is 0 Å². The predicted molar refractivity (Wildman–Crippen MR) is 81.0 cm³/mol. The van der Waals surface area contributed by atoms with E-state index in [4.69, 9.17) is 4.74 Å². The van der Waals surface area contributed by atoms with Crippen LogP contribution >= 0.6 is 0 Å². The molecular weight excluding hydrogens is 345 g/mol. The lowest BCUT2D eigenvalue weighted by Gasteiger charge is -2.14. The number of aliphatic hydroxyl groups is 1. The van der Waals surface area contributed by atoms with Crippen LogP contribution in [0.2, 0.25) is 0 Å². The van der Waals surface area contributed by atoms with E-state index >= 15 is 0 Å². The van der Waals surface area contributed by atoms with Crippen molar-refractivity contribution in [3.63, 3.8) is 0 Å². The smallest absolute Gasteiger partial charge is 0.416 e. The van der Waals surface area contributed by atoms with Crippen molar-refractivity contribution in [3.8, 4) is 5.75 Å². The number of hydrogen-bond acceptors (Lipinski definition) is 3. The van der Waals surface area contributed by atoms with E-state index in [9.17, 15) is 27.1 Å². The van der Waals surface area contributed by atoms with E-state index in [1.165, 1.54) is 6.07 Å². The van der Waals surface area contributed by atoms with E-state index < -0.39 is 29.5 Å². The van der Waals surface area contributed by atoms with Crippen molar-refractivity contribution in [3.05, 3.63) is 65.2 Å². The normalized spacial score (nSPS) is 12.9. The molecule has 2 rings (SSSR count). The molecule has 0 heterocycles. The molecule has 0 aliphatic heterocycles. The van der Waals surface area contributed by atoms with Gasteiger partial charge in [0, 0.05) is 24.7 Å². The number of alkyl halides is 3. The Bertz CT molecular complexity index is 688. The third-order valence-corrected chi connectivity index (χ3v) is 3.33. The summed E-state index contributed by atoms with van der Waals surface area (Å²) < 4.78 is 68.7. The fourth-order valence-corrected chi connectivity index (χ4v) is 2.03. The maximum absolute atomic E-state index is 13.4. The van der Waals surface area contributed by atoms with Gasteiger partial charge in [0.1, 0.15) is 30.1 Å².